The van der Waals surface area contributed by atoms with Crippen molar-refractivity contribution in [2.24, 2.45) is 11.8 Å². The lowest BCUT2D eigenvalue weighted by molar-refractivity contribution is 0.0487. The van der Waals surface area contributed by atoms with Gasteiger partial charge in [-0.2, -0.15) is 0 Å². The van der Waals surface area contributed by atoms with Gasteiger partial charge in [0.25, 0.3) is 5.91 Å². The van der Waals surface area contributed by atoms with E-state index in [1.54, 1.807) is 18.5 Å². The fourth-order valence-electron chi connectivity index (χ4n) is 3.75. The lowest BCUT2D eigenvalue weighted by Gasteiger charge is -2.34. The van der Waals surface area contributed by atoms with E-state index in [2.05, 4.69) is 9.97 Å². The maximum absolute atomic E-state index is 13.2. The first-order valence-corrected chi connectivity index (χ1v) is 8.47. The summed E-state index contributed by atoms with van der Waals surface area (Å²) >= 11 is 0. The Hall–Kier alpha value is -2.27. The number of fused-ring (bicyclic) bond motifs is 1. The number of amides is 1. The molecule has 124 valence electrons. The molecule has 5 heteroatoms. The molecule has 0 spiro atoms. The molecule has 1 saturated heterocycles. The summed E-state index contributed by atoms with van der Waals surface area (Å²) in [5.74, 6) is 1.84. The summed E-state index contributed by atoms with van der Waals surface area (Å²) in [7, 11) is 0. The SMILES string of the molecule is Cc1ccc(-c2ncccn2)c(C(=O)N2CC3CC3CC2CO)c1. The van der Waals surface area contributed by atoms with Gasteiger partial charge in [-0.15, -0.1) is 0 Å². The molecule has 5 nitrogen and oxygen atoms in total. The third kappa shape index (κ3) is 2.69. The van der Waals surface area contributed by atoms with Gasteiger partial charge in [0.1, 0.15) is 0 Å². The fraction of sp³-hybridized carbons (Fsp3) is 0.421. The van der Waals surface area contributed by atoms with Gasteiger partial charge in [0.2, 0.25) is 0 Å². The summed E-state index contributed by atoms with van der Waals surface area (Å²) < 4.78 is 0. The Morgan fingerprint density at radius 1 is 1.25 bits per heavy atom. The first-order chi connectivity index (χ1) is 11.7. The van der Waals surface area contributed by atoms with Crippen LogP contribution in [0.3, 0.4) is 0 Å². The van der Waals surface area contributed by atoms with Crippen molar-refractivity contribution in [1.82, 2.24) is 14.9 Å². The molecule has 2 heterocycles. The smallest absolute Gasteiger partial charge is 0.254 e. The highest BCUT2D eigenvalue weighted by Crippen LogP contribution is 2.47. The number of carbonyl (C=O) groups excluding carboxylic acids is 1. The zero-order valence-electron chi connectivity index (χ0n) is 13.7. The van der Waals surface area contributed by atoms with Crippen molar-refractivity contribution in [3.05, 3.63) is 47.8 Å². The van der Waals surface area contributed by atoms with Crippen LogP contribution in [-0.4, -0.2) is 45.1 Å². The lowest BCUT2D eigenvalue weighted by atomic mass is 9.98. The molecule has 1 aromatic heterocycles. The Morgan fingerprint density at radius 3 is 2.79 bits per heavy atom. The highest BCUT2D eigenvalue weighted by molar-refractivity contribution is 6.00. The molecule has 1 N–H and O–H groups in total. The third-order valence-electron chi connectivity index (χ3n) is 5.20. The minimum absolute atomic E-state index is 0.0226. The number of benzene rings is 1. The van der Waals surface area contributed by atoms with Crippen LogP contribution < -0.4 is 0 Å². The van der Waals surface area contributed by atoms with Crippen LogP contribution in [0.5, 0.6) is 0 Å². The van der Waals surface area contributed by atoms with Crippen LogP contribution in [0.15, 0.2) is 36.7 Å². The number of carbonyl (C=O) groups is 1. The van der Waals surface area contributed by atoms with Crippen LogP contribution in [0.2, 0.25) is 0 Å². The predicted octanol–water partition coefficient (Wildman–Crippen LogP) is 2.29. The van der Waals surface area contributed by atoms with Crippen molar-refractivity contribution in [1.29, 1.82) is 0 Å². The van der Waals surface area contributed by atoms with Crippen molar-refractivity contribution < 1.29 is 9.90 Å². The van der Waals surface area contributed by atoms with Crippen LogP contribution in [0.1, 0.15) is 28.8 Å². The number of rotatable bonds is 3. The molecule has 1 aliphatic carbocycles. The Bertz CT molecular complexity index is 762. The van der Waals surface area contributed by atoms with E-state index in [-0.39, 0.29) is 18.6 Å². The zero-order valence-corrected chi connectivity index (χ0v) is 13.7. The van der Waals surface area contributed by atoms with Crippen LogP contribution in [0.25, 0.3) is 11.4 Å². The average Bonchev–Trinajstić information content (AvgIpc) is 3.39. The third-order valence-corrected chi connectivity index (χ3v) is 5.20. The van der Waals surface area contributed by atoms with Gasteiger partial charge < -0.3 is 10.0 Å². The molecule has 0 bridgehead atoms. The summed E-state index contributed by atoms with van der Waals surface area (Å²) in [4.78, 5) is 23.7. The van der Waals surface area contributed by atoms with Gasteiger partial charge in [-0.05, 0) is 43.7 Å². The normalized spacial score (nSPS) is 25.2. The van der Waals surface area contributed by atoms with E-state index in [0.717, 1.165) is 24.1 Å². The largest absolute Gasteiger partial charge is 0.394 e. The van der Waals surface area contributed by atoms with Gasteiger partial charge in [-0.25, -0.2) is 9.97 Å². The minimum Gasteiger partial charge on any atom is -0.394 e. The van der Waals surface area contributed by atoms with E-state index in [9.17, 15) is 9.90 Å². The second-order valence-corrected chi connectivity index (χ2v) is 6.91. The number of aliphatic hydroxyl groups is 1. The standard InChI is InChI=1S/C19H21N3O2/c1-12-3-4-16(18-20-5-2-6-21-18)17(7-12)19(24)22-10-14-8-13(14)9-15(22)11-23/h2-7,13-15,23H,8-11H2,1H3. The quantitative estimate of drug-likeness (QED) is 0.941. The Kier molecular flexibility index (Phi) is 3.81. The number of piperidine rings is 1. The van der Waals surface area contributed by atoms with Crippen LogP contribution in [-0.2, 0) is 0 Å². The molecule has 2 fully saturated rings. The molecule has 0 radical (unpaired) electrons. The highest BCUT2D eigenvalue weighted by atomic mass is 16.3. The van der Waals surface area contributed by atoms with Gasteiger partial charge in [-0.3, -0.25) is 4.79 Å². The summed E-state index contributed by atoms with van der Waals surface area (Å²) in [5.41, 5.74) is 2.40. The molecule has 1 aliphatic heterocycles. The second-order valence-electron chi connectivity index (χ2n) is 6.91. The van der Waals surface area contributed by atoms with Crippen molar-refractivity contribution in [2.45, 2.75) is 25.8 Å². The van der Waals surface area contributed by atoms with Gasteiger partial charge in [0, 0.05) is 24.5 Å². The Labute approximate surface area is 141 Å². The average molecular weight is 323 g/mol. The minimum atomic E-state index is -0.0775. The van der Waals surface area contributed by atoms with Crippen molar-refractivity contribution >= 4 is 5.91 Å². The fourth-order valence-corrected chi connectivity index (χ4v) is 3.75. The van der Waals surface area contributed by atoms with E-state index in [1.807, 2.05) is 30.0 Å². The van der Waals surface area contributed by atoms with Crippen LogP contribution in [0, 0.1) is 18.8 Å². The van der Waals surface area contributed by atoms with Crippen LogP contribution >= 0.6 is 0 Å². The summed E-state index contributed by atoms with van der Waals surface area (Å²) in [6.07, 6.45) is 5.46. The van der Waals surface area contributed by atoms with E-state index >= 15 is 0 Å². The summed E-state index contributed by atoms with van der Waals surface area (Å²) in [5, 5.41) is 9.72. The van der Waals surface area contributed by atoms with E-state index < -0.39 is 0 Å². The lowest BCUT2D eigenvalue weighted by Crippen LogP contribution is -2.46. The first kappa shape index (κ1) is 15.3. The second kappa shape index (κ2) is 5.98. The molecule has 3 unspecified atom stereocenters. The maximum Gasteiger partial charge on any atom is 0.254 e. The molecule has 4 rings (SSSR count). The summed E-state index contributed by atoms with van der Waals surface area (Å²) in [6.45, 7) is 2.75. The monoisotopic (exact) mass is 323 g/mol. The molecule has 24 heavy (non-hydrogen) atoms. The predicted molar refractivity (Wildman–Crippen MR) is 90.3 cm³/mol. The van der Waals surface area contributed by atoms with Gasteiger partial charge in [-0.1, -0.05) is 17.7 Å². The number of aliphatic hydroxyl groups excluding tert-OH is 1. The number of aromatic nitrogens is 2. The van der Waals surface area contributed by atoms with Crippen molar-refractivity contribution in [2.75, 3.05) is 13.2 Å². The van der Waals surface area contributed by atoms with Crippen molar-refractivity contribution in [3.63, 3.8) is 0 Å². The molecule has 3 atom stereocenters. The zero-order chi connectivity index (χ0) is 16.7. The van der Waals surface area contributed by atoms with Gasteiger partial charge in [0.05, 0.1) is 18.2 Å². The first-order valence-electron chi connectivity index (χ1n) is 8.47. The molecule has 1 amide bonds. The van der Waals surface area contributed by atoms with Crippen molar-refractivity contribution in [3.8, 4) is 11.4 Å². The van der Waals surface area contributed by atoms with E-state index in [1.165, 1.54) is 6.42 Å². The van der Waals surface area contributed by atoms with E-state index in [4.69, 9.17) is 0 Å². The molecule has 1 saturated carbocycles. The molecule has 1 aromatic carbocycles. The molecular formula is C19H21N3O2. The highest BCUT2D eigenvalue weighted by Gasteiger charge is 2.47. The maximum atomic E-state index is 13.2. The molecule has 2 aromatic rings. The number of hydrogen-bond donors (Lipinski definition) is 1. The molecule has 2 aliphatic rings. The Morgan fingerprint density at radius 2 is 2.04 bits per heavy atom. The van der Waals surface area contributed by atoms with Crippen LogP contribution in [0.4, 0.5) is 0 Å². The number of nitrogens with zero attached hydrogens (tertiary/aromatic N) is 3. The topological polar surface area (TPSA) is 66.3 Å². The summed E-state index contributed by atoms with van der Waals surface area (Å²) in [6, 6.07) is 7.47. The van der Waals surface area contributed by atoms with Gasteiger partial charge in [0.15, 0.2) is 5.82 Å². The number of aryl methyl sites for hydroxylation is 1. The Balaban J connectivity index is 1.72. The number of likely N-dealkylation sites (tertiary alicyclic amines) is 1. The van der Waals surface area contributed by atoms with Gasteiger partial charge >= 0.3 is 0 Å². The van der Waals surface area contributed by atoms with E-state index in [0.29, 0.717) is 23.2 Å². The number of hydrogen-bond acceptors (Lipinski definition) is 4. The molecular weight excluding hydrogens is 302 g/mol.